The highest BCUT2D eigenvalue weighted by Gasteiger charge is 2.25. The van der Waals surface area contributed by atoms with E-state index in [-0.39, 0.29) is 18.0 Å². The van der Waals surface area contributed by atoms with Crippen LogP contribution in [0.15, 0.2) is 32.3 Å². The van der Waals surface area contributed by atoms with Crippen molar-refractivity contribution in [3.8, 4) is 0 Å². The molecule has 2 rings (SSSR count). The first-order valence-electron chi connectivity index (χ1n) is 5.75. The number of sulfonamides is 1. The second kappa shape index (κ2) is 5.20. The summed E-state index contributed by atoms with van der Waals surface area (Å²) in [5.41, 5.74) is 6.84. The van der Waals surface area contributed by atoms with Gasteiger partial charge in [-0.2, -0.15) is 0 Å². The highest BCUT2D eigenvalue weighted by atomic mass is 32.2. The van der Waals surface area contributed by atoms with E-state index in [0.29, 0.717) is 17.1 Å². The molecule has 0 spiro atoms. The minimum absolute atomic E-state index is 0.116. The second-order valence-electron chi connectivity index (χ2n) is 4.18. The zero-order valence-electron chi connectivity index (χ0n) is 10.8. The first-order chi connectivity index (χ1) is 8.95. The summed E-state index contributed by atoms with van der Waals surface area (Å²) in [6, 6.07) is 1.69. The van der Waals surface area contributed by atoms with E-state index in [1.807, 2.05) is 0 Å². The van der Waals surface area contributed by atoms with E-state index in [1.165, 1.54) is 12.5 Å². The van der Waals surface area contributed by atoms with E-state index in [2.05, 4.69) is 4.72 Å². The van der Waals surface area contributed by atoms with Crippen molar-refractivity contribution in [3.63, 3.8) is 0 Å². The van der Waals surface area contributed by atoms with E-state index in [0.717, 1.165) is 5.56 Å². The van der Waals surface area contributed by atoms with Gasteiger partial charge < -0.3 is 14.6 Å². The lowest BCUT2D eigenvalue weighted by Gasteiger charge is -2.06. The molecule has 0 bridgehead atoms. The van der Waals surface area contributed by atoms with Gasteiger partial charge in [0, 0.05) is 24.2 Å². The van der Waals surface area contributed by atoms with E-state index in [9.17, 15) is 8.42 Å². The Morgan fingerprint density at radius 3 is 2.63 bits per heavy atom. The van der Waals surface area contributed by atoms with Crippen LogP contribution in [-0.2, 0) is 23.1 Å². The summed E-state index contributed by atoms with van der Waals surface area (Å²) in [6.45, 7) is 3.58. The van der Waals surface area contributed by atoms with Crippen molar-refractivity contribution >= 4 is 10.0 Å². The number of aryl methyl sites for hydroxylation is 2. The quantitative estimate of drug-likeness (QED) is 0.865. The number of nitrogens with two attached hydrogens (primary N) is 1. The van der Waals surface area contributed by atoms with Crippen molar-refractivity contribution in [3.05, 3.63) is 41.2 Å². The van der Waals surface area contributed by atoms with Crippen LogP contribution in [0.2, 0.25) is 0 Å². The number of hydrogen-bond acceptors (Lipinski definition) is 5. The summed E-state index contributed by atoms with van der Waals surface area (Å²) in [4.78, 5) is 0.135. The van der Waals surface area contributed by atoms with Gasteiger partial charge >= 0.3 is 0 Å². The third-order valence-corrected chi connectivity index (χ3v) is 4.44. The van der Waals surface area contributed by atoms with Crippen molar-refractivity contribution < 1.29 is 17.3 Å². The molecule has 0 unspecified atom stereocenters. The van der Waals surface area contributed by atoms with Gasteiger partial charge in [-0.25, -0.2) is 13.1 Å². The summed E-state index contributed by atoms with van der Waals surface area (Å²) < 4.78 is 37.3. The summed E-state index contributed by atoms with van der Waals surface area (Å²) in [6.07, 6.45) is 2.97. The Morgan fingerprint density at radius 1 is 1.32 bits per heavy atom. The van der Waals surface area contributed by atoms with Gasteiger partial charge in [-0.05, 0) is 19.9 Å². The Kier molecular flexibility index (Phi) is 3.79. The Hall–Kier alpha value is -1.57. The van der Waals surface area contributed by atoms with E-state index < -0.39 is 10.0 Å². The Labute approximate surface area is 111 Å². The van der Waals surface area contributed by atoms with Crippen LogP contribution >= 0.6 is 0 Å². The number of nitrogens with one attached hydrogen (secondary N) is 1. The lowest BCUT2D eigenvalue weighted by molar-refractivity contribution is 0.494. The molecule has 0 saturated heterocycles. The molecule has 0 fully saturated rings. The van der Waals surface area contributed by atoms with E-state index in [4.69, 9.17) is 14.6 Å². The highest BCUT2D eigenvalue weighted by molar-refractivity contribution is 7.89. The lowest BCUT2D eigenvalue weighted by atomic mass is 10.2. The third-order valence-electron chi connectivity index (χ3n) is 2.84. The molecule has 104 valence electrons. The van der Waals surface area contributed by atoms with E-state index >= 15 is 0 Å². The Morgan fingerprint density at radius 2 is 2.05 bits per heavy atom. The van der Waals surface area contributed by atoms with Crippen molar-refractivity contribution in [2.24, 2.45) is 5.73 Å². The minimum Gasteiger partial charge on any atom is -0.472 e. The smallest absolute Gasteiger partial charge is 0.244 e. The van der Waals surface area contributed by atoms with Gasteiger partial charge in [-0.1, -0.05) is 0 Å². The Bertz CT molecular complexity index is 656. The fourth-order valence-corrected chi connectivity index (χ4v) is 3.41. The molecule has 2 heterocycles. The molecule has 0 saturated carbocycles. The zero-order valence-corrected chi connectivity index (χ0v) is 11.6. The van der Waals surface area contributed by atoms with Gasteiger partial charge in [0.1, 0.15) is 16.4 Å². The summed E-state index contributed by atoms with van der Waals surface area (Å²) >= 11 is 0. The molecule has 0 radical (unpaired) electrons. The van der Waals surface area contributed by atoms with Crippen LogP contribution in [0.3, 0.4) is 0 Å². The monoisotopic (exact) mass is 284 g/mol. The largest absolute Gasteiger partial charge is 0.472 e. The molecular formula is C12H16N2O4S. The van der Waals surface area contributed by atoms with E-state index in [1.54, 1.807) is 19.9 Å². The first-order valence-corrected chi connectivity index (χ1v) is 7.23. The predicted molar refractivity (Wildman–Crippen MR) is 68.8 cm³/mol. The van der Waals surface area contributed by atoms with Crippen molar-refractivity contribution in [1.29, 1.82) is 0 Å². The molecule has 7 heteroatoms. The maximum absolute atomic E-state index is 12.3. The number of rotatable bonds is 5. The highest BCUT2D eigenvalue weighted by Crippen LogP contribution is 2.26. The zero-order chi connectivity index (χ0) is 14.0. The van der Waals surface area contributed by atoms with Crippen molar-refractivity contribution in [2.45, 2.75) is 31.8 Å². The van der Waals surface area contributed by atoms with Gasteiger partial charge in [-0.15, -0.1) is 0 Å². The standard InChI is InChI=1S/C12H16N2O4S/c1-8-11(5-13)12(9(2)18-8)19(15,16)14-6-10-3-4-17-7-10/h3-4,7,14H,5-6,13H2,1-2H3. The molecule has 6 nitrogen and oxygen atoms in total. The second-order valence-corrected chi connectivity index (χ2v) is 5.89. The summed E-state index contributed by atoms with van der Waals surface area (Å²) in [5, 5.41) is 0. The fraction of sp³-hybridized carbons (Fsp3) is 0.333. The van der Waals surface area contributed by atoms with Crippen LogP contribution in [0.5, 0.6) is 0 Å². The summed E-state index contributed by atoms with van der Waals surface area (Å²) in [7, 11) is -3.65. The molecule has 2 aromatic heterocycles. The van der Waals surface area contributed by atoms with Crippen LogP contribution in [0.1, 0.15) is 22.6 Å². The maximum Gasteiger partial charge on any atom is 0.244 e. The molecule has 0 aromatic carbocycles. The topological polar surface area (TPSA) is 98.5 Å². The summed E-state index contributed by atoms with van der Waals surface area (Å²) in [5.74, 6) is 0.876. The molecule has 19 heavy (non-hydrogen) atoms. The molecule has 0 amide bonds. The SMILES string of the molecule is Cc1oc(C)c(S(=O)(=O)NCc2ccoc2)c1CN. The van der Waals surface area contributed by atoms with Crippen molar-refractivity contribution in [1.82, 2.24) is 4.72 Å². The lowest BCUT2D eigenvalue weighted by Crippen LogP contribution is -2.24. The molecule has 2 aromatic rings. The van der Waals surface area contributed by atoms with Crippen LogP contribution in [0.4, 0.5) is 0 Å². The average molecular weight is 284 g/mol. The molecule has 0 aliphatic heterocycles. The fourth-order valence-electron chi connectivity index (χ4n) is 1.94. The van der Waals surface area contributed by atoms with Gasteiger partial charge in [0.25, 0.3) is 0 Å². The average Bonchev–Trinajstić information content (AvgIpc) is 2.94. The number of hydrogen-bond donors (Lipinski definition) is 2. The van der Waals surface area contributed by atoms with Crippen LogP contribution in [-0.4, -0.2) is 8.42 Å². The van der Waals surface area contributed by atoms with Gasteiger partial charge in [0.05, 0.1) is 12.5 Å². The first kappa shape index (κ1) is 13.9. The molecule has 0 aliphatic rings. The predicted octanol–water partition coefficient (Wildman–Crippen LogP) is 1.43. The normalized spacial score (nSPS) is 11.9. The van der Waals surface area contributed by atoms with Crippen LogP contribution in [0, 0.1) is 13.8 Å². The number of furan rings is 2. The molecule has 3 N–H and O–H groups in total. The maximum atomic E-state index is 12.3. The van der Waals surface area contributed by atoms with Crippen LogP contribution < -0.4 is 10.5 Å². The Balaban J connectivity index is 2.29. The third kappa shape index (κ3) is 2.73. The minimum atomic E-state index is -3.65. The molecular weight excluding hydrogens is 268 g/mol. The van der Waals surface area contributed by atoms with Gasteiger partial charge in [0.2, 0.25) is 10.0 Å². The molecule has 0 aliphatic carbocycles. The van der Waals surface area contributed by atoms with Gasteiger partial charge in [-0.3, -0.25) is 0 Å². The molecule has 0 atom stereocenters. The van der Waals surface area contributed by atoms with Gasteiger partial charge in [0.15, 0.2) is 0 Å². The van der Waals surface area contributed by atoms with Crippen molar-refractivity contribution in [2.75, 3.05) is 0 Å². The van der Waals surface area contributed by atoms with Crippen LogP contribution in [0.25, 0.3) is 0 Å².